The number of hydrogen-bond donors (Lipinski definition) is 0. The van der Waals surface area contributed by atoms with Crippen LogP contribution in [0.25, 0.3) is 4.85 Å². The predicted molar refractivity (Wildman–Crippen MR) is 63.4 cm³/mol. The third-order valence-corrected chi connectivity index (χ3v) is 4.01. The van der Waals surface area contributed by atoms with Crippen LogP contribution in [0.5, 0.6) is 0 Å². The van der Waals surface area contributed by atoms with E-state index in [9.17, 15) is 0 Å². The van der Waals surface area contributed by atoms with Crippen LogP contribution in [-0.2, 0) is 0 Å². The summed E-state index contributed by atoms with van der Waals surface area (Å²) in [5, 5.41) is 0. The summed E-state index contributed by atoms with van der Waals surface area (Å²) >= 11 is 0. The van der Waals surface area contributed by atoms with Gasteiger partial charge in [-0.05, 0) is 31.1 Å². The molecule has 0 bridgehead atoms. The zero-order valence-electron chi connectivity index (χ0n) is 9.71. The summed E-state index contributed by atoms with van der Waals surface area (Å²) in [6, 6.07) is 0. The molecule has 2 aliphatic rings. The first-order valence-electron chi connectivity index (χ1n) is 5.85. The maximum absolute atomic E-state index is 7.45. The molecule has 2 rings (SSSR count). The maximum atomic E-state index is 7.45. The Bertz CT molecular complexity index is 358. The molecule has 1 nitrogen and oxygen atoms in total. The van der Waals surface area contributed by atoms with Crippen LogP contribution in [0.3, 0.4) is 0 Å². The molecule has 2 atom stereocenters. The second-order valence-corrected chi connectivity index (χ2v) is 5.34. The van der Waals surface area contributed by atoms with E-state index in [-0.39, 0.29) is 11.0 Å². The Labute approximate surface area is 92.7 Å². The molecule has 2 unspecified atom stereocenters. The molecule has 1 heteroatoms. The first-order valence-corrected chi connectivity index (χ1v) is 5.85. The summed E-state index contributed by atoms with van der Waals surface area (Å²) in [4.78, 5) is 3.90. The molecule has 0 aromatic carbocycles. The van der Waals surface area contributed by atoms with Crippen molar-refractivity contribution in [2.24, 2.45) is 5.41 Å². The molecule has 80 valence electrons. The average Bonchev–Trinajstić information content (AvgIpc) is 2.37. The van der Waals surface area contributed by atoms with E-state index in [0.717, 1.165) is 19.3 Å². The van der Waals surface area contributed by atoms with Gasteiger partial charge in [-0.25, -0.2) is 6.57 Å². The van der Waals surface area contributed by atoms with Crippen molar-refractivity contribution in [1.82, 2.24) is 0 Å². The molecule has 0 N–H and O–H groups in total. The molecule has 2 aliphatic carbocycles. The van der Waals surface area contributed by atoms with Gasteiger partial charge in [-0.2, -0.15) is 0 Å². The third kappa shape index (κ3) is 1.63. The summed E-state index contributed by atoms with van der Waals surface area (Å²) < 4.78 is 0. The lowest BCUT2D eigenvalue weighted by atomic mass is 9.66. The monoisotopic (exact) mass is 201 g/mol. The Morgan fingerprint density at radius 1 is 1.27 bits per heavy atom. The van der Waals surface area contributed by atoms with E-state index < -0.39 is 0 Å². The van der Waals surface area contributed by atoms with E-state index in [0.29, 0.717) is 0 Å². The summed E-state index contributed by atoms with van der Waals surface area (Å²) in [5.41, 5.74) is 1.38. The molecule has 0 fully saturated rings. The van der Waals surface area contributed by atoms with Gasteiger partial charge in [0, 0.05) is 18.9 Å². The second-order valence-electron chi connectivity index (χ2n) is 5.34. The van der Waals surface area contributed by atoms with E-state index in [2.05, 4.69) is 36.9 Å². The summed E-state index contributed by atoms with van der Waals surface area (Å²) in [6.07, 6.45) is 12.5. The first-order chi connectivity index (χ1) is 7.11. The van der Waals surface area contributed by atoms with E-state index in [1.54, 1.807) is 0 Å². The Morgan fingerprint density at radius 3 is 2.73 bits per heavy atom. The Kier molecular flexibility index (Phi) is 2.46. The Balaban J connectivity index is 2.48. The summed E-state index contributed by atoms with van der Waals surface area (Å²) in [5.74, 6) is 0. The van der Waals surface area contributed by atoms with E-state index in [1.165, 1.54) is 18.4 Å². The van der Waals surface area contributed by atoms with E-state index in [4.69, 9.17) is 6.57 Å². The van der Waals surface area contributed by atoms with Gasteiger partial charge >= 0.3 is 0 Å². The molecule has 0 radical (unpaired) electrons. The Hall–Kier alpha value is -1.03. The SMILES string of the molecule is [C-]#[N+]C1(C)CC=CCC2(C)CCCC=C21. The number of fused-ring (bicyclic) bond motifs is 1. The largest absolute Gasteiger partial charge is 0.306 e. The van der Waals surface area contributed by atoms with Crippen LogP contribution in [0, 0.1) is 12.0 Å². The van der Waals surface area contributed by atoms with Gasteiger partial charge in [0.2, 0.25) is 0 Å². The van der Waals surface area contributed by atoms with Crippen molar-refractivity contribution in [3.8, 4) is 0 Å². The minimum atomic E-state index is -0.276. The van der Waals surface area contributed by atoms with Gasteiger partial charge in [-0.15, -0.1) is 0 Å². The highest BCUT2D eigenvalue weighted by Gasteiger charge is 2.46. The molecular weight excluding hydrogens is 182 g/mol. The zero-order valence-corrected chi connectivity index (χ0v) is 9.71. The van der Waals surface area contributed by atoms with Crippen LogP contribution in [0.2, 0.25) is 0 Å². The van der Waals surface area contributed by atoms with Gasteiger partial charge in [0.1, 0.15) is 0 Å². The van der Waals surface area contributed by atoms with Crippen molar-refractivity contribution in [3.63, 3.8) is 0 Å². The van der Waals surface area contributed by atoms with Crippen molar-refractivity contribution in [2.45, 2.75) is 51.5 Å². The first kappa shape index (κ1) is 10.5. The molecular formula is C14H19N. The molecule has 0 heterocycles. The fourth-order valence-electron chi connectivity index (χ4n) is 3.07. The number of hydrogen-bond acceptors (Lipinski definition) is 0. The van der Waals surface area contributed by atoms with Crippen LogP contribution >= 0.6 is 0 Å². The molecule has 0 aliphatic heterocycles. The second kappa shape index (κ2) is 3.52. The quantitative estimate of drug-likeness (QED) is 0.410. The normalized spacial score (nSPS) is 39.9. The minimum Gasteiger partial charge on any atom is -0.306 e. The molecule has 15 heavy (non-hydrogen) atoms. The summed E-state index contributed by atoms with van der Waals surface area (Å²) in [6.45, 7) is 11.9. The van der Waals surface area contributed by atoms with Crippen LogP contribution in [-0.4, -0.2) is 5.54 Å². The molecule has 0 aromatic rings. The van der Waals surface area contributed by atoms with Crippen molar-refractivity contribution >= 4 is 0 Å². The highest BCUT2D eigenvalue weighted by atomic mass is 14.8. The van der Waals surface area contributed by atoms with E-state index >= 15 is 0 Å². The molecule has 0 saturated carbocycles. The maximum Gasteiger partial charge on any atom is 0.254 e. The highest BCUT2D eigenvalue weighted by Crippen LogP contribution is 2.49. The van der Waals surface area contributed by atoms with Crippen LogP contribution in [0.15, 0.2) is 23.8 Å². The standard InChI is InChI=1S/C14H19N/c1-13-9-5-4-8-12(13)14(2,15-3)11-7-6-10-13/h6-8H,4-5,9-11H2,1-2H3. The average molecular weight is 201 g/mol. The Morgan fingerprint density at radius 2 is 2.00 bits per heavy atom. The van der Waals surface area contributed by atoms with Crippen molar-refractivity contribution < 1.29 is 0 Å². The van der Waals surface area contributed by atoms with Crippen LogP contribution in [0.4, 0.5) is 0 Å². The molecule has 0 saturated heterocycles. The van der Waals surface area contributed by atoms with Gasteiger partial charge in [0.25, 0.3) is 5.54 Å². The lowest BCUT2D eigenvalue weighted by molar-refractivity contribution is 0.311. The molecule has 0 spiro atoms. The predicted octanol–water partition coefficient (Wildman–Crippen LogP) is 4.13. The van der Waals surface area contributed by atoms with Gasteiger partial charge in [0.15, 0.2) is 0 Å². The van der Waals surface area contributed by atoms with Crippen molar-refractivity contribution in [3.05, 3.63) is 35.2 Å². The van der Waals surface area contributed by atoms with Crippen LogP contribution < -0.4 is 0 Å². The lowest BCUT2D eigenvalue weighted by Crippen LogP contribution is -2.34. The fraction of sp³-hybridized carbons (Fsp3) is 0.643. The van der Waals surface area contributed by atoms with Gasteiger partial charge < -0.3 is 4.85 Å². The number of allylic oxidation sites excluding steroid dienone is 2. The van der Waals surface area contributed by atoms with Gasteiger partial charge in [-0.1, -0.05) is 25.2 Å². The van der Waals surface area contributed by atoms with Crippen LogP contribution in [0.1, 0.15) is 46.0 Å². The van der Waals surface area contributed by atoms with E-state index in [1.807, 2.05) is 0 Å². The fourth-order valence-corrected chi connectivity index (χ4v) is 3.07. The zero-order chi connectivity index (χ0) is 10.9. The highest BCUT2D eigenvalue weighted by molar-refractivity contribution is 5.35. The lowest BCUT2D eigenvalue weighted by Gasteiger charge is -2.37. The van der Waals surface area contributed by atoms with Gasteiger partial charge in [-0.3, -0.25) is 0 Å². The smallest absolute Gasteiger partial charge is 0.254 e. The topological polar surface area (TPSA) is 4.36 Å². The number of rotatable bonds is 0. The summed E-state index contributed by atoms with van der Waals surface area (Å²) in [7, 11) is 0. The van der Waals surface area contributed by atoms with Gasteiger partial charge in [0.05, 0.1) is 0 Å². The molecule has 0 aromatic heterocycles. The molecule has 0 amide bonds. The van der Waals surface area contributed by atoms with Crippen molar-refractivity contribution in [1.29, 1.82) is 0 Å². The third-order valence-electron chi connectivity index (χ3n) is 4.01. The van der Waals surface area contributed by atoms with Crippen molar-refractivity contribution in [2.75, 3.05) is 0 Å². The minimum absolute atomic E-state index is 0.255. The number of nitrogens with zero attached hydrogens (tertiary/aromatic N) is 1.